The molecular weight excluding hydrogens is 360 g/mol. The molecule has 1 fully saturated rings. The molecule has 0 spiro atoms. The van der Waals surface area contributed by atoms with E-state index in [1.54, 1.807) is 33.5 Å². The van der Waals surface area contributed by atoms with E-state index in [1.165, 1.54) is 5.56 Å². The molecule has 1 saturated heterocycles. The highest BCUT2D eigenvalue weighted by Gasteiger charge is 2.29. The van der Waals surface area contributed by atoms with E-state index in [4.69, 9.17) is 0 Å². The summed E-state index contributed by atoms with van der Waals surface area (Å²) in [4.78, 5) is 14.9. The second-order valence-electron chi connectivity index (χ2n) is 7.47. The zero-order valence-electron chi connectivity index (χ0n) is 15.5. The summed E-state index contributed by atoms with van der Waals surface area (Å²) in [6, 6.07) is 14.3. The number of hydrogen-bond acceptors (Lipinski definition) is 3. The fourth-order valence-corrected chi connectivity index (χ4v) is 5.59. The average molecular weight is 385 g/mol. The van der Waals surface area contributed by atoms with Gasteiger partial charge < -0.3 is 4.90 Å². The first-order chi connectivity index (χ1) is 13.0. The van der Waals surface area contributed by atoms with Crippen LogP contribution in [0, 0.1) is 5.92 Å². The Morgan fingerprint density at radius 1 is 1.04 bits per heavy atom. The summed E-state index contributed by atoms with van der Waals surface area (Å²) in [6.45, 7) is 3.87. The number of carbonyl (C=O) groups is 1. The third kappa shape index (κ3) is 3.39. The van der Waals surface area contributed by atoms with Crippen LogP contribution >= 0.6 is 0 Å². The molecule has 5 nitrogen and oxygen atoms in total. The quantitative estimate of drug-likeness (QED) is 0.816. The standard InChI is InChI=1S/C21H24N2O3S/c1-16-5-4-13-22(15-16)27(25,26)19-10-8-18(9-11-19)21(24)23-14-12-17-6-2-3-7-20(17)23/h2-3,6-11,16H,4-5,12-15H2,1H3. The van der Waals surface area contributed by atoms with E-state index < -0.39 is 10.0 Å². The number of fused-ring (bicyclic) bond motifs is 1. The minimum atomic E-state index is -3.50. The lowest BCUT2D eigenvalue weighted by atomic mass is 10.0. The lowest BCUT2D eigenvalue weighted by Crippen LogP contribution is -2.39. The Labute approximate surface area is 160 Å². The summed E-state index contributed by atoms with van der Waals surface area (Å²) in [7, 11) is -3.50. The van der Waals surface area contributed by atoms with Gasteiger partial charge in [0.25, 0.3) is 5.91 Å². The molecule has 0 bridgehead atoms. The summed E-state index contributed by atoms with van der Waals surface area (Å²) in [5.74, 6) is 0.292. The van der Waals surface area contributed by atoms with Crippen LogP contribution in [0.4, 0.5) is 5.69 Å². The monoisotopic (exact) mass is 384 g/mol. The Kier molecular flexibility index (Phi) is 4.78. The number of anilines is 1. The van der Waals surface area contributed by atoms with Crippen molar-refractivity contribution in [2.45, 2.75) is 31.1 Å². The third-order valence-corrected chi connectivity index (χ3v) is 7.37. The Morgan fingerprint density at radius 2 is 1.78 bits per heavy atom. The molecule has 0 N–H and O–H groups in total. The Balaban J connectivity index is 1.55. The number of para-hydroxylation sites is 1. The van der Waals surface area contributed by atoms with Gasteiger partial charge in [0, 0.05) is 30.9 Å². The lowest BCUT2D eigenvalue weighted by molar-refractivity contribution is 0.0989. The van der Waals surface area contributed by atoms with E-state index in [9.17, 15) is 13.2 Å². The molecule has 2 heterocycles. The first-order valence-corrected chi connectivity index (χ1v) is 10.9. The third-order valence-electron chi connectivity index (χ3n) is 5.49. The predicted molar refractivity (Wildman–Crippen MR) is 105 cm³/mol. The van der Waals surface area contributed by atoms with Crippen LogP contribution in [0.5, 0.6) is 0 Å². The number of sulfonamides is 1. The summed E-state index contributed by atoms with van der Waals surface area (Å²) < 4.78 is 27.3. The molecule has 2 aromatic carbocycles. The summed E-state index contributed by atoms with van der Waals surface area (Å²) in [5.41, 5.74) is 2.63. The highest BCUT2D eigenvalue weighted by atomic mass is 32.2. The van der Waals surface area contributed by atoms with Gasteiger partial charge in [-0.3, -0.25) is 4.79 Å². The Morgan fingerprint density at radius 3 is 2.52 bits per heavy atom. The molecule has 2 aromatic rings. The van der Waals surface area contributed by atoms with Crippen LogP contribution in [-0.2, 0) is 16.4 Å². The van der Waals surface area contributed by atoms with Crippen LogP contribution < -0.4 is 4.90 Å². The van der Waals surface area contributed by atoms with Crippen LogP contribution in [0.1, 0.15) is 35.7 Å². The van der Waals surface area contributed by atoms with Crippen molar-refractivity contribution in [1.82, 2.24) is 4.31 Å². The molecule has 0 aromatic heterocycles. The van der Waals surface area contributed by atoms with Gasteiger partial charge in [0.05, 0.1) is 4.90 Å². The Bertz CT molecular complexity index is 954. The van der Waals surface area contributed by atoms with Crippen molar-refractivity contribution in [3.05, 3.63) is 59.7 Å². The molecule has 0 aliphatic carbocycles. The predicted octanol–water partition coefficient (Wildman–Crippen LogP) is 3.31. The molecule has 0 radical (unpaired) electrons. The normalized spacial score (nSPS) is 20.5. The summed E-state index contributed by atoms with van der Waals surface area (Å²) in [6.07, 6.45) is 2.81. The van der Waals surface area contributed by atoms with Crippen LogP contribution in [0.25, 0.3) is 0 Å². The van der Waals surface area contributed by atoms with Crippen molar-refractivity contribution in [1.29, 1.82) is 0 Å². The molecule has 1 atom stereocenters. The highest BCUT2D eigenvalue weighted by Crippen LogP contribution is 2.29. The fourth-order valence-electron chi connectivity index (χ4n) is 3.99. The fraction of sp³-hybridized carbons (Fsp3) is 0.381. The molecule has 27 heavy (non-hydrogen) atoms. The van der Waals surface area contributed by atoms with Crippen molar-refractivity contribution < 1.29 is 13.2 Å². The number of carbonyl (C=O) groups excluding carboxylic acids is 1. The number of nitrogens with zero attached hydrogens (tertiary/aromatic N) is 2. The Hall–Kier alpha value is -2.18. The first-order valence-electron chi connectivity index (χ1n) is 9.47. The number of rotatable bonds is 3. The molecule has 6 heteroatoms. The van der Waals surface area contributed by atoms with Crippen LogP contribution in [0.2, 0.25) is 0 Å². The smallest absolute Gasteiger partial charge is 0.258 e. The van der Waals surface area contributed by atoms with Crippen molar-refractivity contribution in [2.24, 2.45) is 5.92 Å². The minimum Gasteiger partial charge on any atom is -0.308 e. The van der Waals surface area contributed by atoms with E-state index in [1.807, 2.05) is 24.3 Å². The van der Waals surface area contributed by atoms with Gasteiger partial charge in [-0.15, -0.1) is 0 Å². The number of hydrogen-bond donors (Lipinski definition) is 0. The molecule has 142 valence electrons. The van der Waals surface area contributed by atoms with Crippen molar-refractivity contribution >= 4 is 21.6 Å². The van der Waals surface area contributed by atoms with Gasteiger partial charge in [-0.25, -0.2) is 8.42 Å². The van der Waals surface area contributed by atoms with Crippen LogP contribution in [0.15, 0.2) is 53.4 Å². The second-order valence-corrected chi connectivity index (χ2v) is 9.41. The van der Waals surface area contributed by atoms with Gasteiger partial charge in [0.1, 0.15) is 0 Å². The van der Waals surface area contributed by atoms with E-state index in [0.29, 0.717) is 31.1 Å². The summed E-state index contributed by atoms with van der Waals surface area (Å²) in [5, 5.41) is 0. The van der Waals surface area contributed by atoms with Gasteiger partial charge in [-0.05, 0) is 61.1 Å². The zero-order valence-corrected chi connectivity index (χ0v) is 16.3. The minimum absolute atomic E-state index is 0.0875. The molecule has 2 aliphatic rings. The highest BCUT2D eigenvalue weighted by molar-refractivity contribution is 7.89. The topological polar surface area (TPSA) is 57.7 Å². The maximum atomic E-state index is 12.9. The molecule has 0 saturated carbocycles. The van der Waals surface area contributed by atoms with Gasteiger partial charge >= 0.3 is 0 Å². The van der Waals surface area contributed by atoms with Crippen molar-refractivity contribution in [3.8, 4) is 0 Å². The maximum absolute atomic E-state index is 12.9. The van der Waals surface area contributed by atoms with Gasteiger partial charge in [-0.2, -0.15) is 4.31 Å². The first kappa shape index (κ1) is 18.2. The maximum Gasteiger partial charge on any atom is 0.258 e. The lowest BCUT2D eigenvalue weighted by Gasteiger charge is -2.30. The molecule has 1 amide bonds. The number of benzene rings is 2. The van der Waals surface area contributed by atoms with Crippen LogP contribution in [-0.4, -0.2) is 38.3 Å². The summed E-state index contributed by atoms with van der Waals surface area (Å²) >= 11 is 0. The van der Waals surface area contributed by atoms with Gasteiger partial charge in [0.15, 0.2) is 0 Å². The molecule has 4 rings (SSSR count). The number of amides is 1. The SMILES string of the molecule is CC1CCCN(S(=O)(=O)c2ccc(C(=O)N3CCc4ccccc43)cc2)C1. The van der Waals surface area contributed by atoms with E-state index in [0.717, 1.165) is 24.9 Å². The average Bonchev–Trinajstić information content (AvgIpc) is 3.12. The van der Waals surface area contributed by atoms with E-state index >= 15 is 0 Å². The van der Waals surface area contributed by atoms with Crippen molar-refractivity contribution in [2.75, 3.05) is 24.5 Å². The van der Waals surface area contributed by atoms with Crippen molar-refractivity contribution in [3.63, 3.8) is 0 Å². The second kappa shape index (κ2) is 7.09. The molecular formula is C21H24N2O3S. The number of piperidine rings is 1. The largest absolute Gasteiger partial charge is 0.308 e. The van der Waals surface area contributed by atoms with Gasteiger partial charge in [0.2, 0.25) is 10.0 Å². The van der Waals surface area contributed by atoms with Crippen LogP contribution in [0.3, 0.4) is 0 Å². The molecule has 2 aliphatic heterocycles. The molecule has 1 unspecified atom stereocenters. The van der Waals surface area contributed by atoms with E-state index in [2.05, 4.69) is 6.92 Å². The zero-order chi connectivity index (χ0) is 19.0. The van der Waals surface area contributed by atoms with E-state index in [-0.39, 0.29) is 10.8 Å². The van der Waals surface area contributed by atoms with Gasteiger partial charge in [-0.1, -0.05) is 25.1 Å².